The highest BCUT2D eigenvalue weighted by Gasteiger charge is 2.33. The van der Waals surface area contributed by atoms with Crippen LogP contribution in [0.25, 0.3) is 16.7 Å². The highest BCUT2D eigenvalue weighted by atomic mass is 16.5. The number of carbonyl (C=O) groups is 2. The number of ether oxygens (including phenoxy) is 1. The van der Waals surface area contributed by atoms with E-state index in [0.717, 1.165) is 36.0 Å². The first kappa shape index (κ1) is 19.6. The van der Waals surface area contributed by atoms with E-state index >= 15 is 0 Å². The predicted molar refractivity (Wildman–Crippen MR) is 111 cm³/mol. The molecular formula is C23H22N4O3. The molecule has 0 aliphatic heterocycles. The van der Waals surface area contributed by atoms with Gasteiger partial charge in [0.2, 0.25) is 0 Å². The lowest BCUT2D eigenvalue weighted by Crippen LogP contribution is -2.50. The minimum Gasteiger partial charge on any atom is -0.452 e. The Labute approximate surface area is 174 Å². The number of benzene rings is 2. The van der Waals surface area contributed by atoms with Gasteiger partial charge in [-0.2, -0.15) is 5.26 Å². The van der Waals surface area contributed by atoms with Crippen LogP contribution in [0.2, 0.25) is 0 Å². The SMILES string of the molecule is N#CC1(NC(=O)COC(=O)c2ccc(-n3cnc4ccccc43)cc2)CCCCC1. The summed E-state index contributed by atoms with van der Waals surface area (Å²) in [6, 6.07) is 16.9. The normalized spacial score (nSPS) is 15.3. The smallest absolute Gasteiger partial charge is 0.338 e. The summed E-state index contributed by atoms with van der Waals surface area (Å²) in [4.78, 5) is 28.9. The van der Waals surface area contributed by atoms with Gasteiger partial charge in [-0.15, -0.1) is 0 Å². The first-order chi connectivity index (χ1) is 14.6. The van der Waals surface area contributed by atoms with Crippen LogP contribution in [0.15, 0.2) is 54.9 Å². The Bertz CT molecular complexity index is 1110. The molecule has 1 saturated carbocycles. The Balaban J connectivity index is 1.37. The molecule has 1 aromatic heterocycles. The third kappa shape index (κ3) is 4.03. The van der Waals surface area contributed by atoms with Crippen LogP contribution in [0.4, 0.5) is 0 Å². The molecule has 0 unspecified atom stereocenters. The third-order valence-electron chi connectivity index (χ3n) is 5.47. The Morgan fingerprint density at radius 2 is 1.83 bits per heavy atom. The lowest BCUT2D eigenvalue weighted by atomic mass is 9.83. The van der Waals surface area contributed by atoms with Crippen LogP contribution < -0.4 is 5.32 Å². The van der Waals surface area contributed by atoms with Crippen LogP contribution >= 0.6 is 0 Å². The standard InChI is InChI=1S/C23H22N4O3/c24-15-23(12-4-1-5-13-23)26-21(28)14-30-22(29)17-8-10-18(11-9-17)27-16-25-19-6-2-3-7-20(19)27/h2-3,6-11,16H,1,4-5,12-14H2,(H,26,28). The molecule has 7 heteroatoms. The van der Waals surface area contributed by atoms with Gasteiger partial charge < -0.3 is 10.1 Å². The number of nitriles is 1. The molecule has 1 N–H and O–H groups in total. The van der Waals surface area contributed by atoms with E-state index in [1.807, 2.05) is 28.8 Å². The van der Waals surface area contributed by atoms with Crippen molar-refractivity contribution in [3.8, 4) is 11.8 Å². The van der Waals surface area contributed by atoms with Gasteiger partial charge in [-0.3, -0.25) is 9.36 Å². The lowest BCUT2D eigenvalue weighted by molar-refractivity contribution is -0.125. The maximum atomic E-state index is 12.3. The van der Waals surface area contributed by atoms with Crippen molar-refractivity contribution in [1.82, 2.24) is 14.9 Å². The zero-order valence-corrected chi connectivity index (χ0v) is 16.5. The van der Waals surface area contributed by atoms with E-state index in [0.29, 0.717) is 18.4 Å². The van der Waals surface area contributed by atoms with Crippen LogP contribution in [0, 0.1) is 11.3 Å². The molecule has 1 fully saturated rings. The van der Waals surface area contributed by atoms with Gasteiger partial charge >= 0.3 is 5.97 Å². The van der Waals surface area contributed by atoms with Crippen LogP contribution in [-0.2, 0) is 9.53 Å². The number of fused-ring (bicyclic) bond motifs is 1. The van der Waals surface area contributed by atoms with Gasteiger partial charge in [0.05, 0.1) is 22.7 Å². The molecule has 0 spiro atoms. The van der Waals surface area contributed by atoms with E-state index in [1.165, 1.54) is 0 Å². The predicted octanol–water partition coefficient (Wildman–Crippen LogP) is 3.52. The fraction of sp³-hybridized carbons (Fsp3) is 0.304. The second kappa shape index (κ2) is 8.37. The molecule has 0 saturated heterocycles. The van der Waals surface area contributed by atoms with Crippen LogP contribution in [0.3, 0.4) is 0 Å². The first-order valence-corrected chi connectivity index (χ1v) is 10.0. The fourth-order valence-electron chi connectivity index (χ4n) is 3.86. The zero-order chi connectivity index (χ0) is 21.0. The number of hydrogen-bond donors (Lipinski definition) is 1. The number of para-hydroxylation sites is 2. The van der Waals surface area contributed by atoms with Crippen molar-refractivity contribution in [1.29, 1.82) is 5.26 Å². The summed E-state index contributed by atoms with van der Waals surface area (Å²) in [5, 5.41) is 12.2. The molecule has 0 atom stereocenters. The van der Waals surface area contributed by atoms with Crippen molar-refractivity contribution in [2.45, 2.75) is 37.6 Å². The fourth-order valence-corrected chi connectivity index (χ4v) is 3.86. The molecule has 4 rings (SSSR count). The Morgan fingerprint density at radius 3 is 2.57 bits per heavy atom. The van der Waals surface area contributed by atoms with Gasteiger partial charge in [-0.25, -0.2) is 9.78 Å². The van der Waals surface area contributed by atoms with Gasteiger partial charge in [0, 0.05) is 5.69 Å². The van der Waals surface area contributed by atoms with Crippen LogP contribution in [0.1, 0.15) is 42.5 Å². The van der Waals surface area contributed by atoms with Crippen molar-refractivity contribution in [3.05, 3.63) is 60.4 Å². The molecule has 3 aromatic rings. The number of amides is 1. The van der Waals surface area contributed by atoms with Crippen molar-refractivity contribution < 1.29 is 14.3 Å². The average Bonchev–Trinajstić information content (AvgIpc) is 3.22. The monoisotopic (exact) mass is 402 g/mol. The zero-order valence-electron chi connectivity index (χ0n) is 16.5. The highest BCUT2D eigenvalue weighted by molar-refractivity contribution is 5.91. The summed E-state index contributed by atoms with van der Waals surface area (Å²) in [5.41, 5.74) is 2.24. The first-order valence-electron chi connectivity index (χ1n) is 10.0. The van der Waals surface area contributed by atoms with Crippen molar-refractivity contribution in [2.75, 3.05) is 6.61 Å². The summed E-state index contributed by atoms with van der Waals surface area (Å²) < 4.78 is 7.08. The summed E-state index contributed by atoms with van der Waals surface area (Å²) in [6.45, 7) is -0.407. The molecule has 0 bridgehead atoms. The van der Waals surface area contributed by atoms with Gasteiger partial charge in [0.1, 0.15) is 11.9 Å². The summed E-state index contributed by atoms with van der Waals surface area (Å²) in [7, 11) is 0. The Hall–Kier alpha value is -3.66. The largest absolute Gasteiger partial charge is 0.452 e. The van der Waals surface area contributed by atoms with Crippen molar-refractivity contribution >= 4 is 22.9 Å². The van der Waals surface area contributed by atoms with Crippen LogP contribution in [0.5, 0.6) is 0 Å². The van der Waals surface area contributed by atoms with Crippen molar-refractivity contribution in [3.63, 3.8) is 0 Å². The van der Waals surface area contributed by atoms with E-state index < -0.39 is 24.0 Å². The maximum absolute atomic E-state index is 12.3. The highest BCUT2D eigenvalue weighted by Crippen LogP contribution is 2.27. The summed E-state index contributed by atoms with van der Waals surface area (Å²) >= 11 is 0. The van der Waals surface area contributed by atoms with E-state index in [4.69, 9.17) is 4.74 Å². The van der Waals surface area contributed by atoms with E-state index in [2.05, 4.69) is 16.4 Å². The van der Waals surface area contributed by atoms with Crippen molar-refractivity contribution in [2.24, 2.45) is 0 Å². The quantitative estimate of drug-likeness (QED) is 0.659. The van der Waals surface area contributed by atoms with Gasteiger partial charge in [0.25, 0.3) is 5.91 Å². The molecule has 1 aliphatic carbocycles. The molecule has 7 nitrogen and oxygen atoms in total. The lowest BCUT2D eigenvalue weighted by Gasteiger charge is -2.31. The van der Waals surface area contributed by atoms with Gasteiger partial charge in [-0.05, 0) is 49.2 Å². The molecule has 30 heavy (non-hydrogen) atoms. The second-order valence-electron chi connectivity index (χ2n) is 7.53. The molecule has 0 radical (unpaired) electrons. The summed E-state index contributed by atoms with van der Waals surface area (Å²) in [5.74, 6) is -1.03. The van der Waals surface area contributed by atoms with E-state index in [1.54, 1.807) is 30.6 Å². The molecule has 152 valence electrons. The van der Waals surface area contributed by atoms with E-state index in [9.17, 15) is 14.9 Å². The number of nitrogens with zero attached hydrogens (tertiary/aromatic N) is 3. The molecule has 1 heterocycles. The summed E-state index contributed by atoms with van der Waals surface area (Å²) in [6.07, 6.45) is 5.89. The number of imidazole rings is 1. The minimum absolute atomic E-state index is 0.351. The van der Waals surface area contributed by atoms with Gasteiger partial charge in [0.15, 0.2) is 6.61 Å². The minimum atomic E-state index is -0.836. The number of nitrogens with one attached hydrogen (secondary N) is 1. The Kier molecular flexibility index (Phi) is 5.48. The maximum Gasteiger partial charge on any atom is 0.338 e. The Morgan fingerprint density at radius 1 is 1.10 bits per heavy atom. The topological polar surface area (TPSA) is 97.0 Å². The number of carbonyl (C=O) groups excluding carboxylic acids is 2. The molecular weight excluding hydrogens is 380 g/mol. The van der Waals surface area contributed by atoms with Gasteiger partial charge in [-0.1, -0.05) is 31.4 Å². The average molecular weight is 402 g/mol. The number of esters is 1. The van der Waals surface area contributed by atoms with E-state index in [-0.39, 0.29) is 0 Å². The third-order valence-corrected chi connectivity index (χ3v) is 5.47. The molecule has 2 aromatic carbocycles. The van der Waals surface area contributed by atoms with Crippen LogP contribution in [-0.4, -0.2) is 33.6 Å². The number of rotatable bonds is 5. The molecule has 1 aliphatic rings. The number of aromatic nitrogens is 2. The second-order valence-corrected chi connectivity index (χ2v) is 7.53. The number of hydrogen-bond acceptors (Lipinski definition) is 5. The molecule has 1 amide bonds.